The lowest BCUT2D eigenvalue weighted by atomic mass is 9.99. The molecule has 0 saturated carbocycles. The highest BCUT2D eigenvalue weighted by molar-refractivity contribution is 6.38. The predicted molar refractivity (Wildman–Crippen MR) is 137 cm³/mol. The predicted octanol–water partition coefficient (Wildman–Crippen LogP) is 4.72. The zero-order valence-corrected chi connectivity index (χ0v) is 19.7. The number of pyridine rings is 1. The second-order valence-corrected chi connectivity index (χ2v) is 9.05. The summed E-state index contributed by atoms with van der Waals surface area (Å²) in [6, 6.07) is 16.7. The van der Waals surface area contributed by atoms with Crippen molar-refractivity contribution in [3.63, 3.8) is 0 Å². The summed E-state index contributed by atoms with van der Waals surface area (Å²) in [6.45, 7) is 3.22. The molecule has 7 heteroatoms. The van der Waals surface area contributed by atoms with Crippen LogP contribution in [0.25, 0.3) is 11.3 Å². The van der Waals surface area contributed by atoms with Gasteiger partial charge in [-0.15, -0.1) is 0 Å². The maximum Gasteiger partial charge on any atom is 0.335 e. The van der Waals surface area contributed by atoms with Crippen molar-refractivity contribution in [2.75, 3.05) is 30.4 Å². The van der Waals surface area contributed by atoms with Gasteiger partial charge in [-0.3, -0.25) is 14.7 Å². The van der Waals surface area contributed by atoms with E-state index in [1.54, 1.807) is 36.5 Å². The fourth-order valence-corrected chi connectivity index (χ4v) is 4.80. The number of aromatic nitrogens is 1. The van der Waals surface area contributed by atoms with Gasteiger partial charge in [0.2, 0.25) is 0 Å². The molecule has 2 aromatic carbocycles. The van der Waals surface area contributed by atoms with Crippen molar-refractivity contribution in [1.29, 1.82) is 0 Å². The highest BCUT2D eigenvalue weighted by Gasteiger charge is 2.33. The van der Waals surface area contributed by atoms with Gasteiger partial charge in [0.1, 0.15) is 0 Å². The fraction of sp³-hybridized carbons (Fsp3) is 0.250. The Labute approximate surface area is 204 Å². The van der Waals surface area contributed by atoms with E-state index in [1.807, 2.05) is 24.3 Å². The smallest absolute Gasteiger partial charge is 0.335 e. The molecule has 3 heterocycles. The van der Waals surface area contributed by atoms with Crippen LogP contribution in [0.15, 0.2) is 67.0 Å². The number of nitrogens with zero attached hydrogens (tertiary/aromatic N) is 3. The number of benzene rings is 2. The van der Waals surface area contributed by atoms with E-state index in [0.29, 0.717) is 22.5 Å². The third kappa shape index (κ3) is 4.68. The van der Waals surface area contributed by atoms with E-state index in [4.69, 9.17) is 0 Å². The van der Waals surface area contributed by atoms with Crippen LogP contribution in [0, 0.1) is 0 Å². The summed E-state index contributed by atoms with van der Waals surface area (Å²) in [6.07, 6.45) is 7.22. The van der Waals surface area contributed by atoms with Gasteiger partial charge in [0, 0.05) is 42.8 Å². The molecule has 178 valence electrons. The van der Waals surface area contributed by atoms with Crippen LogP contribution in [0.4, 0.5) is 11.4 Å². The Kier molecular flexibility index (Phi) is 6.33. The Morgan fingerprint density at radius 2 is 1.80 bits per heavy atom. The number of carboxylic acid groups (broad SMARTS) is 1. The third-order valence-corrected chi connectivity index (χ3v) is 6.67. The van der Waals surface area contributed by atoms with Crippen LogP contribution >= 0.6 is 0 Å². The summed E-state index contributed by atoms with van der Waals surface area (Å²) in [5.41, 5.74) is 5.27. The first-order valence-corrected chi connectivity index (χ1v) is 11.9. The van der Waals surface area contributed by atoms with Crippen molar-refractivity contribution in [1.82, 2.24) is 9.88 Å². The molecule has 3 aromatic rings. The van der Waals surface area contributed by atoms with Crippen LogP contribution in [0.3, 0.4) is 0 Å². The van der Waals surface area contributed by atoms with E-state index in [1.165, 1.54) is 30.9 Å². The van der Waals surface area contributed by atoms with Gasteiger partial charge in [0.15, 0.2) is 0 Å². The highest BCUT2D eigenvalue weighted by atomic mass is 16.4. The molecule has 0 atom stereocenters. The molecule has 0 aliphatic carbocycles. The minimum atomic E-state index is -1.03. The molecular formula is C28H28N4O3. The number of nitrogens with one attached hydrogen (secondary N) is 1. The van der Waals surface area contributed by atoms with Gasteiger partial charge in [-0.1, -0.05) is 18.6 Å². The minimum Gasteiger partial charge on any atom is -0.478 e. The van der Waals surface area contributed by atoms with E-state index in [2.05, 4.69) is 27.3 Å². The molecule has 0 radical (unpaired) electrons. The van der Waals surface area contributed by atoms with Crippen molar-refractivity contribution < 1.29 is 14.7 Å². The van der Waals surface area contributed by atoms with Crippen molar-refractivity contribution >= 4 is 34.5 Å². The normalized spacial score (nSPS) is 17.3. The Balaban J connectivity index is 1.53. The molecule has 2 aliphatic heterocycles. The number of rotatable bonds is 6. The number of fused-ring (bicyclic) bond motifs is 1. The van der Waals surface area contributed by atoms with Crippen LogP contribution in [0.2, 0.25) is 0 Å². The van der Waals surface area contributed by atoms with Crippen LogP contribution < -0.4 is 10.2 Å². The van der Waals surface area contributed by atoms with Gasteiger partial charge < -0.3 is 15.3 Å². The largest absolute Gasteiger partial charge is 0.478 e. The van der Waals surface area contributed by atoms with Gasteiger partial charge in [-0.2, -0.15) is 0 Å². The lowest BCUT2D eigenvalue weighted by molar-refractivity contribution is -0.112. The second-order valence-electron chi connectivity index (χ2n) is 9.05. The summed E-state index contributed by atoms with van der Waals surface area (Å²) in [5, 5.41) is 13.0. The lowest BCUT2D eigenvalue weighted by Gasteiger charge is -2.26. The summed E-state index contributed by atoms with van der Waals surface area (Å²) < 4.78 is 0. The number of aromatic carboxylic acids is 1. The summed E-state index contributed by atoms with van der Waals surface area (Å²) >= 11 is 0. The van der Waals surface area contributed by atoms with E-state index < -0.39 is 5.97 Å². The number of likely N-dealkylation sites (tertiary alicyclic amines) is 1. The lowest BCUT2D eigenvalue weighted by Crippen LogP contribution is -2.29. The molecule has 7 nitrogen and oxygen atoms in total. The monoisotopic (exact) mass is 468 g/mol. The number of carbonyl (C=O) groups is 2. The topological polar surface area (TPSA) is 85.8 Å². The van der Waals surface area contributed by atoms with Crippen molar-refractivity contribution in [3.05, 3.63) is 89.2 Å². The number of piperidine rings is 1. The van der Waals surface area contributed by atoms with E-state index in [0.717, 1.165) is 30.9 Å². The number of carbonyl (C=O) groups excluding carboxylic acids is 1. The molecule has 1 saturated heterocycles. The molecule has 2 aliphatic rings. The first-order chi connectivity index (χ1) is 17.0. The van der Waals surface area contributed by atoms with Crippen molar-refractivity contribution in [3.8, 4) is 0 Å². The number of carboxylic acids is 1. The van der Waals surface area contributed by atoms with Gasteiger partial charge >= 0.3 is 5.97 Å². The van der Waals surface area contributed by atoms with Crippen molar-refractivity contribution in [2.45, 2.75) is 25.8 Å². The number of likely N-dealkylation sites (N-methyl/N-ethyl adjacent to an activating group) is 1. The summed E-state index contributed by atoms with van der Waals surface area (Å²) in [5.74, 6) is -1.23. The number of hydrogen-bond donors (Lipinski definition) is 2. The number of anilines is 2. The zero-order chi connectivity index (χ0) is 24.4. The van der Waals surface area contributed by atoms with Gasteiger partial charge in [0.05, 0.1) is 22.5 Å². The van der Waals surface area contributed by atoms with E-state index >= 15 is 0 Å². The molecule has 1 amide bonds. The Morgan fingerprint density at radius 1 is 1.03 bits per heavy atom. The van der Waals surface area contributed by atoms with Gasteiger partial charge in [-0.25, -0.2) is 4.79 Å². The Hall–Kier alpha value is -3.97. The molecule has 2 N–H and O–H groups in total. The summed E-state index contributed by atoms with van der Waals surface area (Å²) in [4.78, 5) is 33.3. The SMILES string of the molecule is CN1C(=O)C(=C(Nc2ccc(CN3CCCCC3)cc2)c2cccnc2)c2cc(C(=O)O)ccc21. The maximum atomic E-state index is 13.4. The first-order valence-electron chi connectivity index (χ1n) is 11.9. The quantitative estimate of drug-likeness (QED) is 0.509. The molecule has 5 rings (SSSR count). The third-order valence-electron chi connectivity index (χ3n) is 6.67. The van der Waals surface area contributed by atoms with Gasteiger partial charge in [0.25, 0.3) is 5.91 Å². The molecule has 0 unspecified atom stereocenters. The number of hydrogen-bond acceptors (Lipinski definition) is 5. The highest BCUT2D eigenvalue weighted by Crippen LogP contribution is 2.40. The first kappa shape index (κ1) is 22.8. The molecular weight excluding hydrogens is 440 g/mol. The Bertz CT molecular complexity index is 1280. The van der Waals surface area contributed by atoms with Gasteiger partial charge in [-0.05, 0) is 74.0 Å². The second kappa shape index (κ2) is 9.72. The summed E-state index contributed by atoms with van der Waals surface area (Å²) in [7, 11) is 1.70. The van der Waals surface area contributed by atoms with Crippen LogP contribution in [0.1, 0.15) is 46.3 Å². The standard InChI is InChI=1S/C28H28N4O3/c1-31-24-12-9-20(28(34)35)16-23(24)25(27(31)33)26(21-6-5-13-29-17-21)30-22-10-7-19(8-11-22)18-32-14-3-2-4-15-32/h5-13,16-17,30H,2-4,14-15,18H2,1H3,(H,34,35). The molecule has 1 aromatic heterocycles. The molecule has 35 heavy (non-hydrogen) atoms. The molecule has 1 fully saturated rings. The van der Waals surface area contributed by atoms with Crippen LogP contribution in [-0.2, 0) is 11.3 Å². The van der Waals surface area contributed by atoms with Crippen molar-refractivity contribution in [2.24, 2.45) is 0 Å². The van der Waals surface area contributed by atoms with Crippen LogP contribution in [-0.4, -0.2) is 47.0 Å². The Morgan fingerprint density at radius 3 is 2.49 bits per heavy atom. The molecule has 0 bridgehead atoms. The fourth-order valence-electron chi connectivity index (χ4n) is 4.80. The minimum absolute atomic E-state index is 0.136. The molecule has 0 spiro atoms. The van der Waals surface area contributed by atoms with E-state index in [9.17, 15) is 14.7 Å². The average Bonchev–Trinajstić information content (AvgIpc) is 3.14. The maximum absolute atomic E-state index is 13.4. The number of amides is 1. The van der Waals surface area contributed by atoms with E-state index in [-0.39, 0.29) is 11.5 Å². The van der Waals surface area contributed by atoms with Crippen LogP contribution in [0.5, 0.6) is 0 Å². The zero-order valence-electron chi connectivity index (χ0n) is 19.7. The average molecular weight is 469 g/mol.